The van der Waals surface area contributed by atoms with Gasteiger partial charge in [-0.3, -0.25) is 0 Å². The Balaban J connectivity index is 1.95. The molecule has 0 aliphatic rings. The van der Waals surface area contributed by atoms with E-state index in [0.29, 0.717) is 6.04 Å². The predicted octanol–water partition coefficient (Wildman–Crippen LogP) is 2.08. The van der Waals surface area contributed by atoms with Crippen LogP contribution in [0, 0.1) is 0 Å². The van der Waals surface area contributed by atoms with Crippen molar-refractivity contribution in [3.05, 3.63) is 42.5 Å². The Morgan fingerprint density at radius 3 is 2.80 bits per heavy atom. The van der Waals surface area contributed by atoms with Gasteiger partial charge in [0.2, 0.25) is 0 Å². The largest absolute Gasteiger partial charge is 0.497 e. The van der Waals surface area contributed by atoms with Gasteiger partial charge < -0.3 is 19.4 Å². The second kappa shape index (κ2) is 6.96. The van der Waals surface area contributed by atoms with E-state index in [1.54, 1.807) is 20.4 Å². The van der Waals surface area contributed by atoms with E-state index < -0.39 is 0 Å². The fraction of sp³-hybridized carbons (Fsp3) is 0.400. The maximum Gasteiger partial charge on any atom is 0.123 e. The highest BCUT2D eigenvalue weighted by molar-refractivity contribution is 5.40. The summed E-state index contributed by atoms with van der Waals surface area (Å²) in [5, 5.41) is 3.48. The first kappa shape index (κ1) is 14.4. The van der Waals surface area contributed by atoms with E-state index in [9.17, 15) is 0 Å². The number of hydrogen-bond acceptors (Lipinski definition) is 4. The standard InChI is InChI=1S/C15H21N3O2/c1-12(10-18-7-6-16-11-18)17-9-13-8-14(19-2)4-5-15(13)20-3/h4-8,11-12,17H,9-10H2,1-3H3. The SMILES string of the molecule is COc1ccc(OC)c(CNC(C)Cn2ccnc2)c1. The van der Waals surface area contributed by atoms with Crippen molar-refractivity contribution in [2.75, 3.05) is 14.2 Å². The molecule has 0 fully saturated rings. The molecule has 1 atom stereocenters. The summed E-state index contributed by atoms with van der Waals surface area (Å²) in [5.41, 5.74) is 1.09. The van der Waals surface area contributed by atoms with Gasteiger partial charge in [-0.25, -0.2) is 4.98 Å². The van der Waals surface area contributed by atoms with Gasteiger partial charge in [0.1, 0.15) is 11.5 Å². The lowest BCUT2D eigenvalue weighted by molar-refractivity contribution is 0.393. The third kappa shape index (κ3) is 3.74. The van der Waals surface area contributed by atoms with Crippen LogP contribution in [0.4, 0.5) is 0 Å². The average molecular weight is 275 g/mol. The summed E-state index contributed by atoms with van der Waals surface area (Å²) in [4.78, 5) is 4.04. The van der Waals surface area contributed by atoms with Gasteiger partial charge in [-0.15, -0.1) is 0 Å². The van der Waals surface area contributed by atoms with Crippen molar-refractivity contribution >= 4 is 0 Å². The highest BCUT2D eigenvalue weighted by Gasteiger charge is 2.07. The molecule has 0 saturated carbocycles. The van der Waals surface area contributed by atoms with Crippen LogP contribution in [0.2, 0.25) is 0 Å². The molecule has 1 aromatic heterocycles. The lowest BCUT2D eigenvalue weighted by Crippen LogP contribution is -2.29. The van der Waals surface area contributed by atoms with Gasteiger partial charge in [-0.2, -0.15) is 0 Å². The molecule has 1 heterocycles. The quantitative estimate of drug-likeness (QED) is 0.840. The van der Waals surface area contributed by atoms with Crippen molar-refractivity contribution in [2.24, 2.45) is 0 Å². The number of ether oxygens (including phenoxy) is 2. The van der Waals surface area contributed by atoms with Crippen LogP contribution >= 0.6 is 0 Å². The Hall–Kier alpha value is -2.01. The lowest BCUT2D eigenvalue weighted by Gasteiger charge is -2.16. The van der Waals surface area contributed by atoms with Crippen LogP contribution in [0.3, 0.4) is 0 Å². The van der Waals surface area contributed by atoms with Crippen LogP contribution in [0.15, 0.2) is 36.9 Å². The van der Waals surface area contributed by atoms with Crippen molar-refractivity contribution < 1.29 is 9.47 Å². The number of methoxy groups -OCH3 is 2. The first-order chi connectivity index (χ1) is 9.72. The van der Waals surface area contributed by atoms with Crippen LogP contribution in [0.5, 0.6) is 11.5 Å². The molecule has 1 unspecified atom stereocenters. The number of imidazole rings is 1. The summed E-state index contributed by atoms with van der Waals surface area (Å²) >= 11 is 0. The molecule has 2 aromatic rings. The van der Waals surface area contributed by atoms with Crippen molar-refractivity contribution in [2.45, 2.75) is 26.1 Å². The zero-order chi connectivity index (χ0) is 14.4. The molecule has 2 rings (SSSR count). The van der Waals surface area contributed by atoms with Gasteiger partial charge in [0.05, 0.1) is 20.5 Å². The summed E-state index contributed by atoms with van der Waals surface area (Å²) in [7, 11) is 3.35. The molecule has 5 nitrogen and oxygen atoms in total. The van der Waals surface area contributed by atoms with Gasteiger partial charge in [0, 0.05) is 37.1 Å². The topological polar surface area (TPSA) is 48.3 Å². The first-order valence-corrected chi connectivity index (χ1v) is 6.63. The maximum atomic E-state index is 5.37. The zero-order valence-corrected chi connectivity index (χ0v) is 12.2. The van der Waals surface area contributed by atoms with Gasteiger partial charge in [0.15, 0.2) is 0 Å². The third-order valence-electron chi connectivity index (χ3n) is 3.17. The Morgan fingerprint density at radius 1 is 1.30 bits per heavy atom. The fourth-order valence-corrected chi connectivity index (χ4v) is 2.08. The van der Waals surface area contributed by atoms with Gasteiger partial charge >= 0.3 is 0 Å². The fourth-order valence-electron chi connectivity index (χ4n) is 2.08. The molecule has 0 bridgehead atoms. The number of rotatable bonds is 7. The molecule has 0 aliphatic heterocycles. The second-order valence-corrected chi connectivity index (χ2v) is 4.72. The van der Waals surface area contributed by atoms with E-state index in [0.717, 1.165) is 30.2 Å². The average Bonchev–Trinajstić information content (AvgIpc) is 2.97. The minimum atomic E-state index is 0.333. The molecule has 108 valence electrons. The van der Waals surface area contributed by atoms with Crippen LogP contribution in [0.1, 0.15) is 12.5 Å². The molecule has 5 heteroatoms. The Labute approximate surface area is 119 Å². The van der Waals surface area contributed by atoms with E-state index in [1.807, 2.05) is 30.7 Å². The molecular weight excluding hydrogens is 254 g/mol. The minimum absolute atomic E-state index is 0.333. The number of benzene rings is 1. The van der Waals surface area contributed by atoms with E-state index in [2.05, 4.69) is 21.8 Å². The van der Waals surface area contributed by atoms with E-state index >= 15 is 0 Å². The second-order valence-electron chi connectivity index (χ2n) is 4.72. The van der Waals surface area contributed by atoms with Crippen molar-refractivity contribution in [1.29, 1.82) is 0 Å². The molecule has 20 heavy (non-hydrogen) atoms. The molecular formula is C15H21N3O2. The summed E-state index contributed by atoms with van der Waals surface area (Å²) in [6.45, 7) is 3.76. The summed E-state index contributed by atoms with van der Waals surface area (Å²) in [6, 6.07) is 6.16. The highest BCUT2D eigenvalue weighted by Crippen LogP contribution is 2.23. The molecule has 0 amide bonds. The molecule has 0 radical (unpaired) electrons. The van der Waals surface area contributed by atoms with Crippen LogP contribution in [-0.4, -0.2) is 29.8 Å². The number of aromatic nitrogens is 2. The summed E-state index contributed by atoms with van der Waals surface area (Å²) < 4.78 is 12.7. The van der Waals surface area contributed by atoms with Crippen molar-refractivity contribution in [3.63, 3.8) is 0 Å². The summed E-state index contributed by atoms with van der Waals surface area (Å²) in [5.74, 6) is 1.71. The molecule has 0 saturated heterocycles. The predicted molar refractivity (Wildman–Crippen MR) is 78.1 cm³/mol. The highest BCUT2D eigenvalue weighted by atomic mass is 16.5. The molecule has 0 aliphatic carbocycles. The first-order valence-electron chi connectivity index (χ1n) is 6.63. The number of nitrogens with zero attached hydrogens (tertiary/aromatic N) is 2. The smallest absolute Gasteiger partial charge is 0.123 e. The van der Waals surface area contributed by atoms with E-state index in [1.165, 1.54) is 0 Å². The van der Waals surface area contributed by atoms with Gasteiger partial charge in [-0.05, 0) is 25.1 Å². The zero-order valence-electron chi connectivity index (χ0n) is 12.2. The van der Waals surface area contributed by atoms with E-state index in [-0.39, 0.29) is 0 Å². The minimum Gasteiger partial charge on any atom is -0.497 e. The summed E-state index contributed by atoms with van der Waals surface area (Å²) in [6.07, 6.45) is 5.58. The Kier molecular flexibility index (Phi) is 5.01. The third-order valence-corrected chi connectivity index (χ3v) is 3.17. The maximum absolute atomic E-state index is 5.37. The number of hydrogen-bond donors (Lipinski definition) is 1. The normalized spacial score (nSPS) is 12.2. The van der Waals surface area contributed by atoms with Crippen molar-refractivity contribution in [1.82, 2.24) is 14.9 Å². The van der Waals surface area contributed by atoms with Crippen LogP contribution < -0.4 is 14.8 Å². The number of nitrogens with one attached hydrogen (secondary N) is 1. The molecule has 1 aromatic carbocycles. The van der Waals surface area contributed by atoms with Crippen LogP contribution in [-0.2, 0) is 13.1 Å². The monoisotopic (exact) mass is 275 g/mol. The van der Waals surface area contributed by atoms with Gasteiger partial charge in [-0.1, -0.05) is 0 Å². The van der Waals surface area contributed by atoms with Gasteiger partial charge in [0.25, 0.3) is 0 Å². The van der Waals surface area contributed by atoms with Crippen LogP contribution in [0.25, 0.3) is 0 Å². The Morgan fingerprint density at radius 2 is 2.15 bits per heavy atom. The Bertz CT molecular complexity index is 526. The van der Waals surface area contributed by atoms with Crippen molar-refractivity contribution in [3.8, 4) is 11.5 Å². The molecule has 0 spiro atoms. The van der Waals surface area contributed by atoms with E-state index in [4.69, 9.17) is 9.47 Å². The lowest BCUT2D eigenvalue weighted by atomic mass is 10.1. The molecule has 1 N–H and O–H groups in total.